The van der Waals surface area contributed by atoms with Crippen LogP contribution in [0.1, 0.15) is 22.3 Å². The summed E-state index contributed by atoms with van der Waals surface area (Å²) >= 11 is 0. The third-order valence-corrected chi connectivity index (χ3v) is 5.61. The minimum absolute atomic E-state index is 0.121. The van der Waals surface area contributed by atoms with Gasteiger partial charge in [-0.05, 0) is 73.0 Å². The van der Waals surface area contributed by atoms with E-state index in [1.165, 1.54) is 5.56 Å². The van der Waals surface area contributed by atoms with Gasteiger partial charge in [-0.25, -0.2) is 0 Å². The van der Waals surface area contributed by atoms with E-state index in [9.17, 15) is 9.59 Å². The minimum atomic E-state index is -0.227. The van der Waals surface area contributed by atoms with Gasteiger partial charge in [-0.1, -0.05) is 12.1 Å². The number of aryl methyl sites for hydroxylation is 1. The van der Waals surface area contributed by atoms with Gasteiger partial charge in [0.05, 0.1) is 26.5 Å². The van der Waals surface area contributed by atoms with Crippen LogP contribution in [0.2, 0.25) is 0 Å². The molecular formula is C26H27N3O4. The zero-order valence-electron chi connectivity index (χ0n) is 18.8. The lowest BCUT2D eigenvalue weighted by atomic mass is 10.0. The smallest absolute Gasteiger partial charge is 0.255 e. The van der Waals surface area contributed by atoms with Crippen molar-refractivity contribution in [3.8, 4) is 11.5 Å². The Hall–Kier alpha value is -4.00. The van der Waals surface area contributed by atoms with Crippen LogP contribution in [0.4, 0.5) is 17.1 Å². The molecule has 0 saturated carbocycles. The standard InChI is InChI=1S/C26H27N3O4/c1-32-22-14-12-21(13-15-22)28-26(31)19-8-10-20(11-9-19)27-24(30)17-29-16-4-6-18-5-3-7-23(33-2)25(18)29/h3,5,7-15H,4,6,16-17H2,1-2H3,(H,27,30)(H,28,31). The molecule has 0 aromatic heterocycles. The first-order valence-corrected chi connectivity index (χ1v) is 10.8. The fraction of sp³-hybridized carbons (Fsp3) is 0.231. The number of benzene rings is 3. The average molecular weight is 446 g/mol. The van der Waals surface area contributed by atoms with Crippen LogP contribution < -0.4 is 25.0 Å². The van der Waals surface area contributed by atoms with Crippen LogP contribution in [-0.2, 0) is 11.2 Å². The maximum atomic E-state index is 12.7. The molecule has 0 aliphatic carbocycles. The molecule has 0 atom stereocenters. The number of hydrogen-bond acceptors (Lipinski definition) is 5. The Morgan fingerprint density at radius 1 is 0.879 bits per heavy atom. The molecule has 0 bridgehead atoms. The highest BCUT2D eigenvalue weighted by Crippen LogP contribution is 2.35. The molecule has 33 heavy (non-hydrogen) atoms. The molecular weight excluding hydrogens is 418 g/mol. The number of carbonyl (C=O) groups is 2. The van der Waals surface area contributed by atoms with E-state index in [1.54, 1.807) is 62.8 Å². The lowest BCUT2D eigenvalue weighted by molar-refractivity contribution is -0.115. The Balaban J connectivity index is 1.36. The van der Waals surface area contributed by atoms with Crippen LogP contribution in [-0.4, -0.2) is 39.1 Å². The maximum absolute atomic E-state index is 12.7. The lowest BCUT2D eigenvalue weighted by Gasteiger charge is -2.32. The highest BCUT2D eigenvalue weighted by atomic mass is 16.5. The molecule has 0 unspecified atom stereocenters. The molecule has 1 heterocycles. The normalized spacial score (nSPS) is 12.5. The number of nitrogens with zero attached hydrogens (tertiary/aromatic N) is 1. The summed E-state index contributed by atoms with van der Waals surface area (Å²) in [6, 6.07) is 19.9. The van der Waals surface area contributed by atoms with Crippen molar-refractivity contribution in [2.45, 2.75) is 12.8 Å². The zero-order chi connectivity index (χ0) is 23.2. The molecule has 2 N–H and O–H groups in total. The van der Waals surface area contributed by atoms with Gasteiger partial charge in [0.25, 0.3) is 5.91 Å². The summed E-state index contributed by atoms with van der Waals surface area (Å²) in [7, 11) is 3.24. The Morgan fingerprint density at radius 3 is 2.27 bits per heavy atom. The van der Waals surface area contributed by atoms with Gasteiger partial charge in [-0.15, -0.1) is 0 Å². The maximum Gasteiger partial charge on any atom is 0.255 e. The number of fused-ring (bicyclic) bond motifs is 1. The summed E-state index contributed by atoms with van der Waals surface area (Å²) in [5.41, 5.74) is 4.00. The number of hydrogen-bond donors (Lipinski definition) is 2. The number of carbonyl (C=O) groups excluding carboxylic acids is 2. The van der Waals surface area contributed by atoms with Gasteiger partial charge in [-0.2, -0.15) is 0 Å². The van der Waals surface area contributed by atoms with E-state index in [0.717, 1.165) is 36.6 Å². The van der Waals surface area contributed by atoms with Crippen LogP contribution >= 0.6 is 0 Å². The van der Waals surface area contributed by atoms with Crippen molar-refractivity contribution in [2.75, 3.05) is 42.8 Å². The van der Waals surface area contributed by atoms with Crippen molar-refractivity contribution in [1.82, 2.24) is 0 Å². The van der Waals surface area contributed by atoms with E-state index >= 15 is 0 Å². The summed E-state index contributed by atoms with van der Waals surface area (Å²) in [6.45, 7) is 1.03. The molecule has 0 saturated heterocycles. The van der Waals surface area contributed by atoms with E-state index in [4.69, 9.17) is 9.47 Å². The predicted octanol–water partition coefficient (Wildman–Crippen LogP) is 4.35. The second-order valence-electron chi connectivity index (χ2n) is 7.80. The van der Waals surface area contributed by atoms with E-state index in [0.29, 0.717) is 16.9 Å². The third-order valence-electron chi connectivity index (χ3n) is 5.61. The van der Waals surface area contributed by atoms with Crippen LogP contribution in [0.25, 0.3) is 0 Å². The zero-order valence-corrected chi connectivity index (χ0v) is 18.8. The Morgan fingerprint density at radius 2 is 1.58 bits per heavy atom. The highest BCUT2D eigenvalue weighted by Gasteiger charge is 2.22. The number of ether oxygens (including phenoxy) is 2. The van der Waals surface area contributed by atoms with E-state index in [1.807, 2.05) is 12.1 Å². The molecule has 1 aliphatic rings. The number of para-hydroxylation sites is 1. The molecule has 4 rings (SSSR count). The highest BCUT2D eigenvalue weighted by molar-refractivity contribution is 6.04. The number of methoxy groups -OCH3 is 2. The number of amides is 2. The molecule has 170 valence electrons. The SMILES string of the molecule is COc1ccc(NC(=O)c2ccc(NC(=O)CN3CCCc4cccc(OC)c43)cc2)cc1. The summed E-state index contributed by atoms with van der Waals surface area (Å²) in [5.74, 6) is 1.16. The first-order valence-electron chi connectivity index (χ1n) is 10.8. The summed E-state index contributed by atoms with van der Waals surface area (Å²) < 4.78 is 10.6. The summed E-state index contributed by atoms with van der Waals surface area (Å²) in [6.07, 6.45) is 1.97. The van der Waals surface area contributed by atoms with Gasteiger partial charge < -0.3 is 25.0 Å². The first kappa shape index (κ1) is 22.2. The molecule has 0 radical (unpaired) electrons. The number of rotatable bonds is 7. The van der Waals surface area contributed by atoms with Crippen LogP contribution in [0.3, 0.4) is 0 Å². The number of anilines is 3. The largest absolute Gasteiger partial charge is 0.497 e. The first-order chi connectivity index (χ1) is 16.1. The van der Waals surface area contributed by atoms with Crippen molar-refractivity contribution in [1.29, 1.82) is 0 Å². The minimum Gasteiger partial charge on any atom is -0.497 e. The van der Waals surface area contributed by atoms with Crippen molar-refractivity contribution in [3.63, 3.8) is 0 Å². The molecule has 7 heteroatoms. The second kappa shape index (κ2) is 10.1. The van der Waals surface area contributed by atoms with Crippen LogP contribution in [0, 0.1) is 0 Å². The van der Waals surface area contributed by atoms with Gasteiger partial charge in [-0.3, -0.25) is 9.59 Å². The van der Waals surface area contributed by atoms with E-state index < -0.39 is 0 Å². The molecule has 1 aliphatic heterocycles. The lowest BCUT2D eigenvalue weighted by Crippen LogP contribution is -2.37. The van der Waals surface area contributed by atoms with Crippen molar-refractivity contribution >= 4 is 28.9 Å². The molecule has 3 aromatic carbocycles. The molecule has 3 aromatic rings. The fourth-order valence-corrected chi connectivity index (χ4v) is 3.98. The van der Waals surface area contributed by atoms with Crippen molar-refractivity contribution in [3.05, 3.63) is 77.9 Å². The topological polar surface area (TPSA) is 79.9 Å². The monoisotopic (exact) mass is 445 g/mol. The van der Waals surface area contributed by atoms with Gasteiger partial charge in [0.15, 0.2) is 0 Å². The van der Waals surface area contributed by atoms with Gasteiger partial charge in [0.2, 0.25) is 5.91 Å². The van der Waals surface area contributed by atoms with Gasteiger partial charge >= 0.3 is 0 Å². The molecule has 2 amide bonds. The number of nitrogens with one attached hydrogen (secondary N) is 2. The van der Waals surface area contributed by atoms with Gasteiger partial charge in [0, 0.05) is 23.5 Å². The Bertz CT molecular complexity index is 1110. The third kappa shape index (κ3) is 5.26. The summed E-state index contributed by atoms with van der Waals surface area (Å²) in [5, 5.41) is 5.76. The Kier molecular flexibility index (Phi) is 6.78. The molecule has 0 spiro atoms. The quantitative estimate of drug-likeness (QED) is 0.565. The van der Waals surface area contributed by atoms with E-state index in [2.05, 4.69) is 21.6 Å². The average Bonchev–Trinajstić information content (AvgIpc) is 2.84. The van der Waals surface area contributed by atoms with Crippen LogP contribution in [0.5, 0.6) is 11.5 Å². The van der Waals surface area contributed by atoms with Gasteiger partial charge in [0.1, 0.15) is 11.5 Å². The fourth-order valence-electron chi connectivity index (χ4n) is 3.98. The summed E-state index contributed by atoms with van der Waals surface area (Å²) in [4.78, 5) is 27.3. The van der Waals surface area contributed by atoms with Crippen molar-refractivity contribution in [2.24, 2.45) is 0 Å². The second-order valence-corrected chi connectivity index (χ2v) is 7.80. The van der Waals surface area contributed by atoms with Crippen molar-refractivity contribution < 1.29 is 19.1 Å². The predicted molar refractivity (Wildman–Crippen MR) is 130 cm³/mol. The van der Waals surface area contributed by atoms with Crippen LogP contribution in [0.15, 0.2) is 66.7 Å². The van der Waals surface area contributed by atoms with E-state index in [-0.39, 0.29) is 18.4 Å². The molecule has 7 nitrogen and oxygen atoms in total. The molecule has 0 fully saturated rings. The Labute approximate surface area is 193 Å².